The molecule has 1 heterocycles. The molecule has 0 N–H and O–H groups in total. The summed E-state index contributed by atoms with van der Waals surface area (Å²) in [6.45, 7) is 2.25. The molecule has 0 saturated heterocycles. The predicted octanol–water partition coefficient (Wildman–Crippen LogP) is 5.81. The average Bonchev–Trinajstić information content (AvgIpc) is 2.74. The Bertz CT molecular complexity index is 1100. The molecule has 0 radical (unpaired) electrons. The molecule has 29 heavy (non-hydrogen) atoms. The Kier molecular flexibility index (Phi) is 5.24. The summed E-state index contributed by atoms with van der Waals surface area (Å²) in [7, 11) is 0. The molecule has 1 aliphatic heterocycles. The van der Waals surface area contributed by atoms with Crippen LogP contribution in [0.1, 0.15) is 45.1 Å². The lowest BCUT2D eigenvalue weighted by Crippen LogP contribution is -2.21. The fraction of sp³-hybridized carbons (Fsp3) is 0.167. The highest BCUT2D eigenvalue weighted by atomic mass is 35.5. The van der Waals surface area contributed by atoms with Crippen LogP contribution in [0.3, 0.4) is 0 Å². The van der Waals surface area contributed by atoms with E-state index < -0.39 is 0 Å². The zero-order chi connectivity index (χ0) is 20.4. The molecule has 0 fully saturated rings. The number of rotatable bonds is 4. The third-order valence-electron chi connectivity index (χ3n) is 5.01. The molecular formula is C24H18ClNO3. The van der Waals surface area contributed by atoms with Crippen LogP contribution in [0.4, 0.5) is 0 Å². The molecule has 0 bridgehead atoms. The lowest BCUT2D eigenvalue weighted by molar-refractivity contribution is 0.0847. The van der Waals surface area contributed by atoms with E-state index in [0.717, 1.165) is 16.7 Å². The molecule has 4 nitrogen and oxygen atoms in total. The van der Waals surface area contributed by atoms with E-state index in [4.69, 9.17) is 26.3 Å². The number of carbonyl (C=O) groups is 1. The van der Waals surface area contributed by atoms with E-state index in [-0.39, 0.29) is 11.9 Å². The van der Waals surface area contributed by atoms with Gasteiger partial charge in [-0.1, -0.05) is 35.9 Å². The van der Waals surface area contributed by atoms with Gasteiger partial charge in [-0.05, 0) is 54.4 Å². The zero-order valence-electron chi connectivity index (χ0n) is 15.8. The minimum Gasteiger partial charge on any atom is -0.488 e. The summed E-state index contributed by atoms with van der Waals surface area (Å²) in [6.07, 6.45) is -0.0563. The molecule has 1 aliphatic rings. The first-order valence-electron chi connectivity index (χ1n) is 9.26. The maximum atomic E-state index is 12.7. The molecule has 0 amide bonds. The Hall–Kier alpha value is -3.29. The number of fused-ring (bicyclic) bond motifs is 1. The molecule has 0 aliphatic carbocycles. The molecule has 3 aromatic rings. The molecule has 4 rings (SSSR count). The Morgan fingerprint density at radius 2 is 1.83 bits per heavy atom. The van der Waals surface area contributed by atoms with Crippen LogP contribution in [0.2, 0.25) is 5.02 Å². The maximum Gasteiger partial charge on any atom is 0.170 e. The van der Waals surface area contributed by atoms with Crippen molar-refractivity contribution in [1.82, 2.24) is 0 Å². The standard InChI is InChI=1S/C24H18ClNO3/c1-15-22(28-14-17-4-2-16(13-26)3-5-17)11-10-20-21(27)12-23(29-24(15)20)18-6-8-19(25)9-7-18/h2-11,23H,12,14H2,1H3. The summed E-state index contributed by atoms with van der Waals surface area (Å²) in [6, 6.07) is 20.3. The van der Waals surface area contributed by atoms with Gasteiger partial charge in [-0.15, -0.1) is 0 Å². The minimum atomic E-state index is -0.347. The Balaban J connectivity index is 1.56. The highest BCUT2D eigenvalue weighted by Crippen LogP contribution is 2.40. The highest BCUT2D eigenvalue weighted by molar-refractivity contribution is 6.30. The van der Waals surface area contributed by atoms with E-state index in [1.165, 1.54) is 0 Å². The van der Waals surface area contributed by atoms with Crippen LogP contribution in [0, 0.1) is 18.3 Å². The van der Waals surface area contributed by atoms with Crippen LogP contribution in [0.5, 0.6) is 11.5 Å². The lowest BCUT2D eigenvalue weighted by atomic mass is 9.94. The number of ketones is 1. The van der Waals surface area contributed by atoms with Gasteiger partial charge in [-0.25, -0.2) is 0 Å². The van der Waals surface area contributed by atoms with E-state index in [9.17, 15) is 4.79 Å². The molecule has 0 aromatic heterocycles. The van der Waals surface area contributed by atoms with Gasteiger partial charge in [0.2, 0.25) is 0 Å². The molecule has 0 spiro atoms. The second-order valence-corrected chi connectivity index (χ2v) is 7.38. The minimum absolute atomic E-state index is 0.0490. The van der Waals surface area contributed by atoms with Crippen molar-refractivity contribution in [2.24, 2.45) is 0 Å². The van der Waals surface area contributed by atoms with Crippen molar-refractivity contribution >= 4 is 17.4 Å². The van der Waals surface area contributed by atoms with Gasteiger partial charge in [0.05, 0.1) is 23.6 Å². The monoisotopic (exact) mass is 403 g/mol. The quantitative estimate of drug-likeness (QED) is 0.551. The number of carbonyl (C=O) groups excluding carboxylic acids is 1. The SMILES string of the molecule is Cc1c(OCc2ccc(C#N)cc2)ccc2c1OC(c1ccc(Cl)cc1)CC2=O. The molecule has 144 valence electrons. The number of halogens is 1. The van der Waals surface area contributed by atoms with Gasteiger partial charge in [0.15, 0.2) is 5.78 Å². The maximum absolute atomic E-state index is 12.7. The smallest absolute Gasteiger partial charge is 0.170 e. The molecule has 3 aromatic carbocycles. The van der Waals surface area contributed by atoms with Crippen molar-refractivity contribution in [2.75, 3.05) is 0 Å². The Labute approximate surface area is 174 Å². The second kappa shape index (κ2) is 7.98. The average molecular weight is 404 g/mol. The van der Waals surface area contributed by atoms with Gasteiger partial charge in [-0.3, -0.25) is 4.79 Å². The zero-order valence-corrected chi connectivity index (χ0v) is 16.6. The van der Waals surface area contributed by atoms with Crippen molar-refractivity contribution in [1.29, 1.82) is 5.26 Å². The Morgan fingerprint density at radius 3 is 2.52 bits per heavy atom. The van der Waals surface area contributed by atoms with Crippen molar-refractivity contribution < 1.29 is 14.3 Å². The van der Waals surface area contributed by atoms with Gasteiger partial charge < -0.3 is 9.47 Å². The lowest BCUT2D eigenvalue weighted by Gasteiger charge is -2.27. The van der Waals surface area contributed by atoms with Gasteiger partial charge >= 0.3 is 0 Å². The highest BCUT2D eigenvalue weighted by Gasteiger charge is 2.30. The van der Waals surface area contributed by atoms with Gasteiger partial charge in [0.1, 0.15) is 24.2 Å². The first kappa shape index (κ1) is 19.0. The fourth-order valence-electron chi connectivity index (χ4n) is 3.36. The largest absolute Gasteiger partial charge is 0.488 e. The van der Waals surface area contributed by atoms with Gasteiger partial charge in [0.25, 0.3) is 0 Å². The number of hydrogen-bond donors (Lipinski definition) is 0. The van der Waals surface area contributed by atoms with Gasteiger partial charge in [-0.2, -0.15) is 5.26 Å². The number of nitriles is 1. The number of Topliss-reactive ketones (excluding diaryl/α,β-unsaturated/α-hetero) is 1. The third-order valence-corrected chi connectivity index (χ3v) is 5.26. The number of ether oxygens (including phenoxy) is 2. The summed E-state index contributed by atoms with van der Waals surface area (Å²) >= 11 is 5.97. The van der Waals surface area contributed by atoms with E-state index in [1.807, 2.05) is 37.3 Å². The Morgan fingerprint density at radius 1 is 1.10 bits per heavy atom. The van der Waals surface area contributed by atoms with E-state index in [2.05, 4.69) is 6.07 Å². The van der Waals surface area contributed by atoms with Crippen molar-refractivity contribution in [3.05, 3.63) is 93.5 Å². The topological polar surface area (TPSA) is 59.3 Å². The van der Waals surface area contributed by atoms with Crippen LogP contribution < -0.4 is 9.47 Å². The van der Waals surface area contributed by atoms with E-state index in [0.29, 0.717) is 40.7 Å². The molecule has 5 heteroatoms. The van der Waals surface area contributed by atoms with Crippen LogP contribution in [0.25, 0.3) is 0 Å². The molecular weight excluding hydrogens is 386 g/mol. The molecule has 0 saturated carbocycles. The number of benzene rings is 3. The first-order valence-corrected chi connectivity index (χ1v) is 9.63. The fourth-order valence-corrected chi connectivity index (χ4v) is 3.49. The van der Waals surface area contributed by atoms with Crippen molar-refractivity contribution in [3.63, 3.8) is 0 Å². The number of hydrogen-bond acceptors (Lipinski definition) is 4. The normalized spacial score (nSPS) is 15.2. The van der Waals surface area contributed by atoms with Crippen molar-refractivity contribution in [2.45, 2.75) is 26.1 Å². The van der Waals surface area contributed by atoms with Gasteiger partial charge in [0, 0.05) is 10.6 Å². The second-order valence-electron chi connectivity index (χ2n) is 6.95. The van der Waals surface area contributed by atoms with Crippen LogP contribution >= 0.6 is 11.6 Å². The summed E-state index contributed by atoms with van der Waals surface area (Å²) in [4.78, 5) is 12.7. The summed E-state index contributed by atoms with van der Waals surface area (Å²) in [5.41, 5.74) is 3.86. The first-order chi connectivity index (χ1) is 14.0. The van der Waals surface area contributed by atoms with Crippen molar-refractivity contribution in [3.8, 4) is 17.6 Å². The third kappa shape index (κ3) is 3.96. The van der Waals surface area contributed by atoms with Crippen LogP contribution in [-0.2, 0) is 6.61 Å². The summed E-state index contributed by atoms with van der Waals surface area (Å²) < 4.78 is 12.2. The molecule has 1 atom stereocenters. The summed E-state index contributed by atoms with van der Waals surface area (Å²) in [5, 5.41) is 9.54. The predicted molar refractivity (Wildman–Crippen MR) is 110 cm³/mol. The number of nitrogens with zero attached hydrogens (tertiary/aromatic N) is 1. The van der Waals surface area contributed by atoms with Crippen LogP contribution in [-0.4, -0.2) is 5.78 Å². The summed E-state index contributed by atoms with van der Waals surface area (Å²) in [5.74, 6) is 1.28. The van der Waals surface area contributed by atoms with Crippen LogP contribution in [0.15, 0.2) is 60.7 Å². The van der Waals surface area contributed by atoms with E-state index in [1.54, 1.807) is 30.3 Å². The van der Waals surface area contributed by atoms with E-state index >= 15 is 0 Å². The molecule has 1 unspecified atom stereocenters.